The van der Waals surface area contributed by atoms with Gasteiger partial charge in [-0.1, -0.05) is 30.3 Å². The number of rotatable bonds is 3. The van der Waals surface area contributed by atoms with Gasteiger partial charge < -0.3 is 15.3 Å². The van der Waals surface area contributed by atoms with E-state index in [1.54, 1.807) is 0 Å². The molecular weight excluding hydrogens is 262 g/mol. The first-order valence-corrected chi connectivity index (χ1v) is 7.66. The van der Waals surface area contributed by atoms with E-state index >= 15 is 0 Å². The zero-order chi connectivity index (χ0) is 14.7. The second kappa shape index (κ2) is 6.00. The maximum Gasteiger partial charge on any atom is 0.110 e. The SMILES string of the molecule is C[C@@H](N1C=CC(c2ccccc2)=NC1)C1(O)CCNCC1. The molecule has 21 heavy (non-hydrogen) atoms. The van der Waals surface area contributed by atoms with Gasteiger partial charge in [-0.05, 0) is 44.5 Å². The summed E-state index contributed by atoms with van der Waals surface area (Å²) in [5.74, 6) is 0. The molecule has 2 heterocycles. The number of hydrogen-bond donors (Lipinski definition) is 2. The molecule has 4 nitrogen and oxygen atoms in total. The average molecular weight is 285 g/mol. The Kier molecular flexibility index (Phi) is 4.08. The smallest absolute Gasteiger partial charge is 0.110 e. The fourth-order valence-corrected chi connectivity index (χ4v) is 3.06. The predicted molar refractivity (Wildman–Crippen MR) is 85.3 cm³/mol. The number of nitrogens with zero attached hydrogens (tertiary/aromatic N) is 2. The number of aliphatic hydroxyl groups is 1. The molecule has 1 atom stereocenters. The number of benzene rings is 1. The maximum atomic E-state index is 10.8. The van der Waals surface area contributed by atoms with Gasteiger partial charge in [0.25, 0.3) is 0 Å². The van der Waals surface area contributed by atoms with E-state index in [4.69, 9.17) is 0 Å². The standard InChI is InChI=1S/C17H23N3O/c1-14(17(21)8-10-18-11-9-17)20-12-7-16(19-13-20)15-5-3-2-4-6-15/h2-7,12,14,18,21H,8-11,13H2,1H3/t14-/m1/s1. The first kappa shape index (κ1) is 14.3. The minimum absolute atomic E-state index is 0.0805. The lowest BCUT2D eigenvalue weighted by Gasteiger charge is -2.43. The third-order valence-corrected chi connectivity index (χ3v) is 4.64. The molecule has 0 amide bonds. The molecular formula is C17H23N3O. The van der Waals surface area contributed by atoms with Crippen LogP contribution in [0, 0.1) is 0 Å². The zero-order valence-electron chi connectivity index (χ0n) is 12.5. The lowest BCUT2D eigenvalue weighted by molar-refractivity contribution is -0.0489. The van der Waals surface area contributed by atoms with E-state index < -0.39 is 5.60 Å². The minimum atomic E-state index is -0.616. The van der Waals surface area contributed by atoms with E-state index in [1.165, 1.54) is 0 Å². The van der Waals surface area contributed by atoms with E-state index in [0.717, 1.165) is 37.2 Å². The third-order valence-electron chi connectivity index (χ3n) is 4.64. The second-order valence-electron chi connectivity index (χ2n) is 5.91. The molecule has 0 radical (unpaired) electrons. The van der Waals surface area contributed by atoms with Gasteiger partial charge in [0, 0.05) is 6.20 Å². The number of nitrogens with one attached hydrogen (secondary N) is 1. The van der Waals surface area contributed by atoms with E-state index in [0.29, 0.717) is 6.67 Å². The number of piperidine rings is 1. The number of aliphatic imine (C=N–C) groups is 1. The van der Waals surface area contributed by atoms with Gasteiger partial charge in [-0.2, -0.15) is 0 Å². The summed E-state index contributed by atoms with van der Waals surface area (Å²) in [5.41, 5.74) is 1.54. The van der Waals surface area contributed by atoms with Gasteiger partial charge in [0.1, 0.15) is 6.67 Å². The van der Waals surface area contributed by atoms with Crippen molar-refractivity contribution in [3.63, 3.8) is 0 Å². The van der Waals surface area contributed by atoms with Crippen LogP contribution in [-0.2, 0) is 0 Å². The summed E-state index contributed by atoms with van der Waals surface area (Å²) in [4.78, 5) is 6.79. The highest BCUT2D eigenvalue weighted by Gasteiger charge is 2.37. The van der Waals surface area contributed by atoms with Gasteiger partial charge in [0.05, 0.1) is 17.4 Å². The highest BCUT2D eigenvalue weighted by molar-refractivity contribution is 6.08. The zero-order valence-corrected chi connectivity index (χ0v) is 12.5. The summed E-state index contributed by atoms with van der Waals surface area (Å²) in [6.45, 7) is 4.48. The Balaban J connectivity index is 1.68. The van der Waals surface area contributed by atoms with Gasteiger partial charge in [-0.15, -0.1) is 0 Å². The number of hydrogen-bond acceptors (Lipinski definition) is 4. The molecule has 1 aromatic rings. The molecule has 2 aliphatic rings. The summed E-state index contributed by atoms with van der Waals surface area (Å²) in [6.07, 6.45) is 5.71. The molecule has 0 aliphatic carbocycles. The van der Waals surface area contributed by atoms with Gasteiger partial charge in [0.2, 0.25) is 0 Å². The first-order chi connectivity index (χ1) is 10.2. The third kappa shape index (κ3) is 3.01. The first-order valence-electron chi connectivity index (χ1n) is 7.66. The van der Waals surface area contributed by atoms with Gasteiger partial charge >= 0.3 is 0 Å². The van der Waals surface area contributed by atoms with Crippen LogP contribution in [0.3, 0.4) is 0 Å². The van der Waals surface area contributed by atoms with Crippen molar-refractivity contribution in [3.8, 4) is 0 Å². The van der Waals surface area contributed by atoms with Crippen molar-refractivity contribution < 1.29 is 5.11 Å². The van der Waals surface area contributed by atoms with Crippen LogP contribution in [0.2, 0.25) is 0 Å². The van der Waals surface area contributed by atoms with Crippen LogP contribution in [0.5, 0.6) is 0 Å². The highest BCUT2D eigenvalue weighted by Crippen LogP contribution is 2.27. The molecule has 3 rings (SSSR count). The lowest BCUT2D eigenvalue weighted by atomic mass is 9.85. The largest absolute Gasteiger partial charge is 0.388 e. The van der Waals surface area contributed by atoms with Crippen LogP contribution in [-0.4, -0.2) is 47.1 Å². The quantitative estimate of drug-likeness (QED) is 0.890. The van der Waals surface area contributed by atoms with Crippen molar-refractivity contribution in [1.29, 1.82) is 0 Å². The van der Waals surface area contributed by atoms with Gasteiger partial charge in [-0.3, -0.25) is 4.99 Å². The topological polar surface area (TPSA) is 47.9 Å². The van der Waals surface area contributed by atoms with Crippen LogP contribution in [0.4, 0.5) is 0 Å². The van der Waals surface area contributed by atoms with Crippen LogP contribution < -0.4 is 5.32 Å². The van der Waals surface area contributed by atoms with Crippen LogP contribution in [0.25, 0.3) is 0 Å². The van der Waals surface area contributed by atoms with E-state index in [-0.39, 0.29) is 6.04 Å². The summed E-state index contributed by atoms with van der Waals surface area (Å²) in [5, 5.41) is 14.1. The van der Waals surface area contributed by atoms with Crippen molar-refractivity contribution in [3.05, 3.63) is 48.2 Å². The average Bonchev–Trinajstić information content (AvgIpc) is 2.56. The van der Waals surface area contributed by atoms with Crippen LogP contribution >= 0.6 is 0 Å². The van der Waals surface area contributed by atoms with Crippen LogP contribution in [0.1, 0.15) is 25.3 Å². The Bertz CT molecular complexity index is 532. The van der Waals surface area contributed by atoms with E-state index in [1.807, 2.05) is 24.3 Å². The van der Waals surface area contributed by atoms with Crippen molar-refractivity contribution >= 4 is 5.71 Å². The Morgan fingerprint density at radius 3 is 2.57 bits per heavy atom. The molecule has 0 spiro atoms. The van der Waals surface area contributed by atoms with Gasteiger partial charge in [-0.25, -0.2) is 0 Å². The molecule has 4 heteroatoms. The van der Waals surface area contributed by atoms with Crippen LogP contribution in [0.15, 0.2) is 47.6 Å². The summed E-state index contributed by atoms with van der Waals surface area (Å²) in [7, 11) is 0. The van der Waals surface area contributed by atoms with Gasteiger partial charge in [0.15, 0.2) is 0 Å². The molecule has 1 aromatic carbocycles. The lowest BCUT2D eigenvalue weighted by Crippen LogP contribution is -2.55. The molecule has 112 valence electrons. The maximum absolute atomic E-state index is 10.8. The Morgan fingerprint density at radius 2 is 1.95 bits per heavy atom. The molecule has 0 bridgehead atoms. The highest BCUT2D eigenvalue weighted by atomic mass is 16.3. The van der Waals surface area contributed by atoms with Crippen molar-refractivity contribution in [2.45, 2.75) is 31.4 Å². The Morgan fingerprint density at radius 1 is 1.24 bits per heavy atom. The second-order valence-corrected chi connectivity index (χ2v) is 5.91. The molecule has 0 unspecified atom stereocenters. The monoisotopic (exact) mass is 285 g/mol. The normalized spacial score (nSPS) is 22.8. The van der Waals surface area contributed by atoms with E-state index in [9.17, 15) is 5.11 Å². The Hall–Kier alpha value is -1.65. The minimum Gasteiger partial charge on any atom is -0.388 e. The molecule has 2 N–H and O–H groups in total. The summed E-state index contributed by atoms with van der Waals surface area (Å²) >= 11 is 0. The van der Waals surface area contributed by atoms with Crippen molar-refractivity contribution in [2.24, 2.45) is 4.99 Å². The molecule has 2 aliphatic heterocycles. The van der Waals surface area contributed by atoms with Crippen molar-refractivity contribution in [1.82, 2.24) is 10.2 Å². The predicted octanol–water partition coefficient (Wildman–Crippen LogP) is 1.77. The van der Waals surface area contributed by atoms with Crippen molar-refractivity contribution in [2.75, 3.05) is 19.8 Å². The fraction of sp³-hybridized carbons (Fsp3) is 0.471. The number of allylic oxidation sites excluding steroid dienone is 1. The molecule has 0 aromatic heterocycles. The molecule has 1 saturated heterocycles. The molecule has 0 saturated carbocycles. The summed E-state index contributed by atoms with van der Waals surface area (Å²) in [6, 6.07) is 10.3. The summed E-state index contributed by atoms with van der Waals surface area (Å²) < 4.78 is 0. The molecule has 1 fully saturated rings. The van der Waals surface area contributed by atoms with E-state index in [2.05, 4.69) is 40.5 Å². The fourth-order valence-electron chi connectivity index (χ4n) is 3.06. The Labute approximate surface area is 126 Å².